The monoisotopic (exact) mass is 179 g/mol. The van der Waals surface area contributed by atoms with Crippen LogP contribution < -0.4 is 10.5 Å². The molecule has 1 rings (SSSR count). The number of hydrogen-bond acceptors (Lipinski definition) is 2. The Balaban J connectivity index is 2.54. The number of ether oxygens (including phenoxy) is 1. The zero-order chi connectivity index (χ0) is 9.52. The van der Waals surface area contributed by atoms with Gasteiger partial charge in [-0.2, -0.15) is 0 Å². The molecule has 0 unspecified atom stereocenters. The van der Waals surface area contributed by atoms with Crippen molar-refractivity contribution in [2.75, 3.05) is 6.61 Å². The van der Waals surface area contributed by atoms with Crippen LogP contribution in [0.3, 0.4) is 0 Å². The maximum atomic E-state index is 5.59. The van der Waals surface area contributed by atoms with Gasteiger partial charge in [-0.05, 0) is 12.5 Å². The summed E-state index contributed by atoms with van der Waals surface area (Å²) < 4.78 is 5.59. The molecule has 13 heavy (non-hydrogen) atoms. The van der Waals surface area contributed by atoms with E-state index in [1.807, 2.05) is 24.3 Å². The van der Waals surface area contributed by atoms with Crippen molar-refractivity contribution in [3.63, 3.8) is 0 Å². The Kier molecular flexibility index (Phi) is 4.33. The van der Waals surface area contributed by atoms with Crippen LogP contribution >= 0.6 is 0 Å². The molecule has 0 aliphatic heterocycles. The molecule has 1 aromatic carbocycles. The minimum Gasteiger partial charge on any atom is -0.493 e. The highest BCUT2D eigenvalue weighted by Crippen LogP contribution is 2.17. The van der Waals surface area contributed by atoms with Crippen molar-refractivity contribution in [3.8, 4) is 5.75 Å². The Morgan fingerprint density at radius 1 is 1.31 bits per heavy atom. The predicted molar refractivity (Wildman–Crippen MR) is 54.7 cm³/mol. The molecule has 0 heterocycles. The lowest BCUT2D eigenvalue weighted by atomic mass is 10.2. The third-order valence-electron chi connectivity index (χ3n) is 1.95. The third kappa shape index (κ3) is 3.07. The van der Waals surface area contributed by atoms with Gasteiger partial charge in [-0.3, -0.25) is 0 Å². The first-order valence-electron chi connectivity index (χ1n) is 4.79. The first-order chi connectivity index (χ1) is 6.38. The molecule has 0 amide bonds. The average molecular weight is 179 g/mol. The lowest BCUT2D eigenvalue weighted by molar-refractivity contribution is 0.306. The molecule has 2 N–H and O–H groups in total. The highest BCUT2D eigenvalue weighted by Gasteiger charge is 1.99. The van der Waals surface area contributed by atoms with E-state index in [0.717, 1.165) is 30.8 Å². The van der Waals surface area contributed by atoms with Crippen LogP contribution in [0.5, 0.6) is 5.75 Å². The van der Waals surface area contributed by atoms with E-state index >= 15 is 0 Å². The Bertz CT molecular complexity index is 248. The fourth-order valence-corrected chi connectivity index (χ4v) is 1.14. The van der Waals surface area contributed by atoms with E-state index in [-0.39, 0.29) is 0 Å². The fraction of sp³-hybridized carbons (Fsp3) is 0.455. The summed E-state index contributed by atoms with van der Waals surface area (Å²) >= 11 is 0. The second-order valence-electron chi connectivity index (χ2n) is 3.01. The molecular formula is C11H17NO. The minimum absolute atomic E-state index is 0.544. The molecule has 0 bridgehead atoms. The molecule has 0 atom stereocenters. The lowest BCUT2D eigenvalue weighted by Crippen LogP contribution is -2.03. The molecule has 72 valence electrons. The van der Waals surface area contributed by atoms with Crippen LogP contribution in [0.2, 0.25) is 0 Å². The smallest absolute Gasteiger partial charge is 0.123 e. The zero-order valence-corrected chi connectivity index (χ0v) is 8.12. The zero-order valence-electron chi connectivity index (χ0n) is 8.12. The topological polar surface area (TPSA) is 35.2 Å². The van der Waals surface area contributed by atoms with Gasteiger partial charge in [0, 0.05) is 12.1 Å². The summed E-state index contributed by atoms with van der Waals surface area (Å²) in [6, 6.07) is 7.93. The number of para-hydroxylation sites is 1. The fourth-order valence-electron chi connectivity index (χ4n) is 1.14. The second kappa shape index (κ2) is 5.60. The van der Waals surface area contributed by atoms with E-state index in [1.54, 1.807) is 0 Å². The summed E-state index contributed by atoms with van der Waals surface area (Å²) in [5.74, 6) is 0.929. The molecule has 0 fully saturated rings. The average Bonchev–Trinajstić information content (AvgIpc) is 2.19. The van der Waals surface area contributed by atoms with Crippen LogP contribution in [0.25, 0.3) is 0 Å². The summed E-state index contributed by atoms with van der Waals surface area (Å²) in [6.07, 6.45) is 2.25. The maximum Gasteiger partial charge on any atom is 0.123 e. The minimum atomic E-state index is 0.544. The first kappa shape index (κ1) is 10.1. The van der Waals surface area contributed by atoms with Crippen molar-refractivity contribution in [1.82, 2.24) is 0 Å². The molecule has 0 aliphatic rings. The number of rotatable bonds is 5. The summed E-state index contributed by atoms with van der Waals surface area (Å²) in [4.78, 5) is 0. The Morgan fingerprint density at radius 2 is 2.08 bits per heavy atom. The van der Waals surface area contributed by atoms with Gasteiger partial charge in [0.2, 0.25) is 0 Å². The first-order valence-corrected chi connectivity index (χ1v) is 4.79. The molecule has 2 nitrogen and oxygen atoms in total. The van der Waals surface area contributed by atoms with Crippen molar-refractivity contribution in [3.05, 3.63) is 29.8 Å². The van der Waals surface area contributed by atoms with Crippen LogP contribution in [-0.2, 0) is 6.54 Å². The van der Waals surface area contributed by atoms with Gasteiger partial charge in [0.05, 0.1) is 6.61 Å². The van der Waals surface area contributed by atoms with Crippen LogP contribution in [0.4, 0.5) is 0 Å². The quantitative estimate of drug-likeness (QED) is 0.704. The second-order valence-corrected chi connectivity index (χ2v) is 3.01. The molecule has 1 aromatic rings. The van der Waals surface area contributed by atoms with E-state index in [4.69, 9.17) is 10.5 Å². The molecule has 0 aliphatic carbocycles. The van der Waals surface area contributed by atoms with Gasteiger partial charge >= 0.3 is 0 Å². The third-order valence-corrected chi connectivity index (χ3v) is 1.95. The van der Waals surface area contributed by atoms with E-state index in [0.29, 0.717) is 6.54 Å². The van der Waals surface area contributed by atoms with E-state index < -0.39 is 0 Å². The van der Waals surface area contributed by atoms with Crippen molar-refractivity contribution in [2.45, 2.75) is 26.3 Å². The van der Waals surface area contributed by atoms with Crippen molar-refractivity contribution < 1.29 is 4.74 Å². The van der Waals surface area contributed by atoms with Crippen molar-refractivity contribution in [2.24, 2.45) is 5.73 Å². The van der Waals surface area contributed by atoms with Gasteiger partial charge in [-0.1, -0.05) is 31.5 Å². The van der Waals surface area contributed by atoms with E-state index in [1.165, 1.54) is 0 Å². The highest BCUT2D eigenvalue weighted by atomic mass is 16.5. The van der Waals surface area contributed by atoms with Crippen LogP contribution in [0, 0.1) is 0 Å². The van der Waals surface area contributed by atoms with Crippen LogP contribution in [-0.4, -0.2) is 6.61 Å². The maximum absolute atomic E-state index is 5.59. The summed E-state index contributed by atoms with van der Waals surface area (Å²) in [5.41, 5.74) is 6.66. The van der Waals surface area contributed by atoms with E-state index in [2.05, 4.69) is 6.92 Å². The van der Waals surface area contributed by atoms with Crippen LogP contribution in [0.1, 0.15) is 25.3 Å². The highest BCUT2D eigenvalue weighted by molar-refractivity contribution is 5.32. The van der Waals surface area contributed by atoms with Gasteiger partial charge in [-0.15, -0.1) is 0 Å². The normalized spacial score (nSPS) is 10.0. The van der Waals surface area contributed by atoms with E-state index in [9.17, 15) is 0 Å². The SMILES string of the molecule is CCCCOc1ccccc1CN. The standard InChI is InChI=1S/C11H17NO/c1-2-3-8-13-11-7-5-4-6-10(11)9-12/h4-7H,2-3,8-9,12H2,1H3. The summed E-state index contributed by atoms with van der Waals surface area (Å²) in [7, 11) is 0. The molecule has 0 spiro atoms. The number of hydrogen-bond donors (Lipinski definition) is 1. The molecule has 0 saturated heterocycles. The summed E-state index contributed by atoms with van der Waals surface area (Å²) in [6.45, 7) is 3.48. The van der Waals surface area contributed by atoms with Crippen molar-refractivity contribution >= 4 is 0 Å². The number of unbranched alkanes of at least 4 members (excludes halogenated alkanes) is 1. The molecule has 0 saturated carbocycles. The lowest BCUT2D eigenvalue weighted by Gasteiger charge is -2.08. The van der Waals surface area contributed by atoms with Gasteiger partial charge < -0.3 is 10.5 Å². The largest absolute Gasteiger partial charge is 0.493 e. The molecular weight excluding hydrogens is 162 g/mol. The van der Waals surface area contributed by atoms with Gasteiger partial charge in [0.15, 0.2) is 0 Å². The number of nitrogens with two attached hydrogens (primary N) is 1. The van der Waals surface area contributed by atoms with Gasteiger partial charge in [0.1, 0.15) is 5.75 Å². The summed E-state index contributed by atoms with van der Waals surface area (Å²) in [5, 5.41) is 0. The van der Waals surface area contributed by atoms with Gasteiger partial charge in [0.25, 0.3) is 0 Å². The van der Waals surface area contributed by atoms with Crippen LogP contribution in [0.15, 0.2) is 24.3 Å². The Hall–Kier alpha value is -1.02. The number of benzene rings is 1. The molecule has 0 radical (unpaired) electrons. The Labute approximate surface area is 79.7 Å². The predicted octanol–water partition coefficient (Wildman–Crippen LogP) is 2.32. The van der Waals surface area contributed by atoms with Crippen molar-refractivity contribution in [1.29, 1.82) is 0 Å². The van der Waals surface area contributed by atoms with Gasteiger partial charge in [-0.25, -0.2) is 0 Å². The molecule has 2 heteroatoms. The molecule has 0 aromatic heterocycles. The Morgan fingerprint density at radius 3 is 2.77 bits per heavy atom.